The monoisotopic (exact) mass is 389 g/mol. The van der Waals surface area contributed by atoms with Gasteiger partial charge >= 0.3 is 0 Å². The van der Waals surface area contributed by atoms with Crippen LogP contribution >= 0.6 is 0 Å². The van der Waals surface area contributed by atoms with Gasteiger partial charge in [-0.1, -0.05) is 0 Å². The number of aryl methyl sites for hydroxylation is 2. The number of aliphatic imine (C=N–C) groups is 1. The summed E-state index contributed by atoms with van der Waals surface area (Å²) < 4.78 is 18.2. The topological polar surface area (TPSA) is 81.9 Å². The number of benzene rings is 1. The summed E-state index contributed by atoms with van der Waals surface area (Å²) >= 11 is 0. The molecule has 0 aliphatic carbocycles. The molecule has 0 atom stereocenters. The van der Waals surface area contributed by atoms with Crippen molar-refractivity contribution in [3.05, 3.63) is 34.6 Å². The quantitative estimate of drug-likeness (QED) is 0.533. The minimum Gasteiger partial charge on any atom is -0.496 e. The molecule has 0 bridgehead atoms. The first-order valence-electron chi connectivity index (χ1n) is 9.25. The number of nitrogens with one attached hydrogen (secondary N) is 2. The van der Waals surface area contributed by atoms with Gasteiger partial charge in [0, 0.05) is 43.5 Å². The average Bonchev–Trinajstić information content (AvgIpc) is 2.94. The Kier molecular flexibility index (Phi) is 7.54. The highest BCUT2D eigenvalue weighted by Crippen LogP contribution is 2.34. The van der Waals surface area contributed by atoms with Crippen LogP contribution in [0.3, 0.4) is 0 Å². The fraction of sp³-hybridized carbons (Fsp3) is 0.500. The van der Waals surface area contributed by atoms with Crippen molar-refractivity contribution in [2.24, 2.45) is 12.0 Å². The highest BCUT2D eigenvalue weighted by Gasteiger charge is 2.14. The molecule has 8 nitrogen and oxygen atoms in total. The van der Waals surface area contributed by atoms with E-state index in [0.717, 1.165) is 23.5 Å². The van der Waals surface area contributed by atoms with E-state index in [4.69, 9.17) is 19.2 Å². The van der Waals surface area contributed by atoms with Gasteiger partial charge in [0.25, 0.3) is 0 Å². The molecule has 8 heteroatoms. The lowest BCUT2D eigenvalue weighted by molar-refractivity contribution is 0.369. The fourth-order valence-corrected chi connectivity index (χ4v) is 2.98. The van der Waals surface area contributed by atoms with Crippen LogP contribution in [0, 0.1) is 13.8 Å². The molecule has 0 unspecified atom stereocenters. The normalized spacial score (nSPS) is 11.3. The molecule has 0 spiro atoms. The van der Waals surface area contributed by atoms with Crippen molar-refractivity contribution < 1.29 is 14.2 Å². The Balaban J connectivity index is 2.22. The van der Waals surface area contributed by atoms with E-state index in [2.05, 4.69) is 22.7 Å². The van der Waals surface area contributed by atoms with Crippen LogP contribution in [0.2, 0.25) is 0 Å². The van der Waals surface area contributed by atoms with Gasteiger partial charge in [-0.2, -0.15) is 5.10 Å². The van der Waals surface area contributed by atoms with Crippen LogP contribution in [-0.2, 0) is 20.1 Å². The first-order chi connectivity index (χ1) is 13.4. The highest BCUT2D eigenvalue weighted by molar-refractivity contribution is 5.79. The summed E-state index contributed by atoms with van der Waals surface area (Å²) in [7, 11) is 6.81. The molecule has 0 amide bonds. The predicted molar refractivity (Wildman–Crippen MR) is 110 cm³/mol. The second-order valence-corrected chi connectivity index (χ2v) is 6.33. The lowest BCUT2D eigenvalue weighted by Gasteiger charge is -2.15. The number of ether oxygens (including phenoxy) is 3. The first-order valence-corrected chi connectivity index (χ1v) is 9.25. The third-order valence-corrected chi connectivity index (χ3v) is 4.65. The van der Waals surface area contributed by atoms with Crippen molar-refractivity contribution in [3.63, 3.8) is 0 Å². The Hall–Kier alpha value is -2.90. The third kappa shape index (κ3) is 4.88. The highest BCUT2D eigenvalue weighted by atomic mass is 16.5. The number of methoxy groups -OCH3 is 3. The Bertz CT molecular complexity index is 804. The van der Waals surface area contributed by atoms with Gasteiger partial charge in [0.05, 0.1) is 39.1 Å². The van der Waals surface area contributed by atoms with Gasteiger partial charge in [-0.15, -0.1) is 0 Å². The van der Waals surface area contributed by atoms with E-state index in [1.807, 2.05) is 37.7 Å². The van der Waals surface area contributed by atoms with Crippen LogP contribution in [0.25, 0.3) is 0 Å². The maximum Gasteiger partial charge on any atom is 0.191 e. The van der Waals surface area contributed by atoms with Crippen molar-refractivity contribution in [2.45, 2.75) is 33.9 Å². The second kappa shape index (κ2) is 9.87. The number of hydrogen-bond donors (Lipinski definition) is 2. The van der Waals surface area contributed by atoms with Gasteiger partial charge in [0.2, 0.25) is 0 Å². The molecule has 1 aromatic carbocycles. The molecule has 2 rings (SSSR count). The van der Waals surface area contributed by atoms with Crippen molar-refractivity contribution in [2.75, 3.05) is 27.9 Å². The number of nitrogens with zero attached hydrogens (tertiary/aromatic N) is 3. The summed E-state index contributed by atoms with van der Waals surface area (Å²) in [6, 6.07) is 3.66. The SMILES string of the molecule is CCNC(=NCc1c(OC)cc(OC)cc1OC)NCc1c(C)nn(C)c1C. The van der Waals surface area contributed by atoms with Crippen LogP contribution in [-0.4, -0.2) is 43.6 Å². The molecule has 1 aromatic heterocycles. The van der Waals surface area contributed by atoms with Gasteiger partial charge in [0.1, 0.15) is 17.2 Å². The van der Waals surface area contributed by atoms with E-state index < -0.39 is 0 Å². The lowest BCUT2D eigenvalue weighted by Crippen LogP contribution is -2.37. The van der Waals surface area contributed by atoms with E-state index in [-0.39, 0.29) is 0 Å². The molecular weight excluding hydrogens is 358 g/mol. The average molecular weight is 390 g/mol. The van der Waals surface area contributed by atoms with Crippen molar-refractivity contribution in [1.29, 1.82) is 0 Å². The number of rotatable bonds is 8. The lowest BCUT2D eigenvalue weighted by atomic mass is 10.1. The van der Waals surface area contributed by atoms with Crippen LogP contribution < -0.4 is 24.8 Å². The third-order valence-electron chi connectivity index (χ3n) is 4.65. The van der Waals surface area contributed by atoms with Gasteiger partial charge in [-0.3, -0.25) is 4.68 Å². The first kappa shape index (κ1) is 21.4. The number of hydrogen-bond acceptors (Lipinski definition) is 5. The summed E-state index contributed by atoms with van der Waals surface area (Å²) in [6.45, 7) is 7.92. The summed E-state index contributed by atoms with van der Waals surface area (Å²) in [5.41, 5.74) is 4.19. The number of guanidine groups is 1. The van der Waals surface area contributed by atoms with E-state index in [1.54, 1.807) is 21.3 Å². The zero-order valence-electron chi connectivity index (χ0n) is 17.8. The molecule has 0 saturated heterocycles. The molecule has 0 fully saturated rings. The molecular formula is C20H31N5O3. The standard InChI is InChI=1S/C20H31N5O3/c1-8-21-20(22-11-16-13(2)24-25(4)14(16)3)23-12-17-18(27-6)9-15(26-5)10-19(17)28-7/h9-10H,8,11-12H2,1-7H3,(H2,21,22,23). The van der Waals surface area contributed by atoms with Gasteiger partial charge in [-0.05, 0) is 20.8 Å². The van der Waals surface area contributed by atoms with Gasteiger partial charge in [-0.25, -0.2) is 4.99 Å². The molecule has 0 aliphatic rings. The largest absolute Gasteiger partial charge is 0.496 e. The van der Waals surface area contributed by atoms with Crippen LogP contribution in [0.4, 0.5) is 0 Å². The van der Waals surface area contributed by atoms with Crippen LogP contribution in [0.5, 0.6) is 17.2 Å². The van der Waals surface area contributed by atoms with Gasteiger partial charge in [0.15, 0.2) is 5.96 Å². The molecule has 2 N–H and O–H groups in total. The maximum atomic E-state index is 5.51. The number of aromatic nitrogens is 2. The van der Waals surface area contributed by atoms with E-state index >= 15 is 0 Å². The molecule has 28 heavy (non-hydrogen) atoms. The van der Waals surface area contributed by atoms with E-state index in [0.29, 0.717) is 36.3 Å². The van der Waals surface area contributed by atoms with Crippen LogP contribution in [0.15, 0.2) is 17.1 Å². The Labute approximate surface area is 166 Å². The minimum absolute atomic E-state index is 0.399. The van der Waals surface area contributed by atoms with Gasteiger partial charge < -0.3 is 24.8 Å². The van der Waals surface area contributed by atoms with Crippen molar-refractivity contribution in [1.82, 2.24) is 20.4 Å². The molecule has 0 saturated carbocycles. The Morgan fingerprint density at radius 2 is 1.68 bits per heavy atom. The smallest absolute Gasteiger partial charge is 0.191 e. The summed E-state index contributed by atoms with van der Waals surface area (Å²) in [5, 5.41) is 11.1. The summed E-state index contributed by atoms with van der Waals surface area (Å²) in [6.07, 6.45) is 0. The van der Waals surface area contributed by atoms with E-state index in [1.165, 1.54) is 5.56 Å². The molecule has 0 radical (unpaired) electrons. The molecule has 0 aliphatic heterocycles. The minimum atomic E-state index is 0.399. The Morgan fingerprint density at radius 1 is 1.04 bits per heavy atom. The zero-order valence-corrected chi connectivity index (χ0v) is 17.8. The second-order valence-electron chi connectivity index (χ2n) is 6.33. The van der Waals surface area contributed by atoms with Crippen molar-refractivity contribution in [3.8, 4) is 17.2 Å². The van der Waals surface area contributed by atoms with Crippen molar-refractivity contribution >= 4 is 5.96 Å². The molecule has 154 valence electrons. The van der Waals surface area contributed by atoms with E-state index in [9.17, 15) is 0 Å². The predicted octanol–water partition coefficient (Wildman–Crippen LogP) is 2.32. The maximum absolute atomic E-state index is 5.51. The van der Waals surface area contributed by atoms with Crippen LogP contribution in [0.1, 0.15) is 29.4 Å². The zero-order chi connectivity index (χ0) is 20.7. The Morgan fingerprint density at radius 3 is 2.14 bits per heavy atom. The fourth-order valence-electron chi connectivity index (χ4n) is 2.98. The molecule has 1 heterocycles. The molecule has 2 aromatic rings. The summed E-state index contributed by atoms with van der Waals surface area (Å²) in [5.74, 6) is 2.74. The summed E-state index contributed by atoms with van der Waals surface area (Å²) in [4.78, 5) is 4.70.